The summed E-state index contributed by atoms with van der Waals surface area (Å²) in [6.07, 6.45) is 4.15. The molecule has 1 aliphatic carbocycles. The first-order valence-corrected chi connectivity index (χ1v) is 24.6. The fourth-order valence-electron chi connectivity index (χ4n) is 8.93. The normalized spacial score (nSPS) is 12.7. The highest BCUT2D eigenvalue weighted by atomic mass is 32.2. The maximum absolute atomic E-state index is 13.2. The average Bonchev–Trinajstić information content (AvgIpc) is 4.05. The van der Waals surface area contributed by atoms with Crippen LogP contribution in [0.25, 0.3) is 45.1 Å². The number of nitrogens with zero attached hydrogens (tertiary/aromatic N) is 6. The monoisotopic (exact) mass is 914 g/mol. The standard InChI is InChI=1S/C27H27N3O2S.C26H23N3O3S/c1-18-6-5-7-22(16-18)23-10-15-26-21(4)28-29(27(26)17-23)24-11-13-25(14-12-24)33(31,32)30-19(2)8-9-20(30)3;1-17-7-8-18(2)29(17)33(31,32)24-12-10-22(11-13-24)28-26-16-21(9-14-25(26)19(3)27-28)20-5-4-6-23(30)15-20/h5-9,11-14,16-17H,10,15H2,1-4H3;4-16,30H,1-3H3. The second-order valence-electron chi connectivity index (χ2n) is 16.9. The molecule has 0 bridgehead atoms. The predicted molar refractivity (Wildman–Crippen MR) is 262 cm³/mol. The quantitative estimate of drug-likeness (QED) is 0.160. The molecule has 10 rings (SSSR count). The summed E-state index contributed by atoms with van der Waals surface area (Å²) < 4.78 is 59.2. The van der Waals surface area contributed by atoms with E-state index in [1.807, 2.05) is 77.8 Å². The van der Waals surface area contributed by atoms with Crippen molar-refractivity contribution in [3.05, 3.63) is 196 Å². The van der Waals surface area contributed by atoms with Crippen LogP contribution in [0, 0.1) is 48.5 Å². The van der Waals surface area contributed by atoms with Gasteiger partial charge in [-0.2, -0.15) is 10.2 Å². The lowest BCUT2D eigenvalue weighted by molar-refractivity contribution is 0.475. The van der Waals surface area contributed by atoms with Crippen molar-refractivity contribution in [1.29, 1.82) is 0 Å². The summed E-state index contributed by atoms with van der Waals surface area (Å²) >= 11 is 0. The molecule has 13 heteroatoms. The van der Waals surface area contributed by atoms with E-state index in [9.17, 15) is 21.9 Å². The summed E-state index contributed by atoms with van der Waals surface area (Å²) in [6.45, 7) is 13.3. The van der Waals surface area contributed by atoms with Crippen LogP contribution in [0.1, 0.15) is 63.0 Å². The van der Waals surface area contributed by atoms with Crippen molar-refractivity contribution in [2.24, 2.45) is 0 Å². The summed E-state index contributed by atoms with van der Waals surface area (Å²) in [7, 11) is -7.32. The fraction of sp³-hybridized carbons (Fsp3) is 0.170. The molecule has 0 fully saturated rings. The van der Waals surface area contributed by atoms with Gasteiger partial charge in [-0.05, 0) is 181 Å². The molecule has 66 heavy (non-hydrogen) atoms. The van der Waals surface area contributed by atoms with Gasteiger partial charge < -0.3 is 5.11 Å². The number of aromatic hydroxyl groups is 1. The Balaban J connectivity index is 0.000000166. The van der Waals surface area contributed by atoms with Crippen molar-refractivity contribution < 1.29 is 21.9 Å². The maximum atomic E-state index is 13.2. The first-order valence-electron chi connectivity index (χ1n) is 21.7. The highest BCUT2D eigenvalue weighted by Crippen LogP contribution is 2.35. The second-order valence-corrected chi connectivity index (χ2v) is 20.5. The van der Waals surface area contributed by atoms with Gasteiger partial charge in [-0.25, -0.2) is 34.1 Å². The van der Waals surface area contributed by atoms with Crippen LogP contribution < -0.4 is 0 Å². The number of phenolic OH excluding ortho intramolecular Hbond substituents is 1. The van der Waals surface area contributed by atoms with Gasteiger partial charge in [-0.15, -0.1) is 0 Å². The van der Waals surface area contributed by atoms with Crippen molar-refractivity contribution in [3.63, 3.8) is 0 Å². The van der Waals surface area contributed by atoms with E-state index >= 15 is 0 Å². The average molecular weight is 915 g/mol. The Morgan fingerprint density at radius 1 is 0.500 bits per heavy atom. The van der Waals surface area contributed by atoms with Crippen LogP contribution in [0.3, 0.4) is 0 Å². The fourth-order valence-corrected chi connectivity index (χ4v) is 12.1. The number of allylic oxidation sites excluding steroid dienone is 1. The number of aromatic nitrogens is 6. The number of rotatable bonds is 8. The zero-order valence-electron chi connectivity index (χ0n) is 37.9. The van der Waals surface area contributed by atoms with Gasteiger partial charge in [0.25, 0.3) is 20.0 Å². The van der Waals surface area contributed by atoms with Crippen molar-refractivity contribution in [2.45, 2.75) is 71.1 Å². The Morgan fingerprint density at radius 3 is 1.58 bits per heavy atom. The molecular weight excluding hydrogens is 865 g/mol. The molecule has 0 saturated heterocycles. The number of benzene rings is 5. The SMILES string of the molecule is Cc1cccc(C2=Cc3c(c(C)nn3-c3ccc(S(=O)(=O)n4c(C)ccc4C)cc3)CC2)c1.Cc1nn(-c2ccc(S(=O)(=O)n3c(C)ccc3C)cc2)c2cc(-c3cccc(O)c3)ccc12. The van der Waals surface area contributed by atoms with Gasteiger partial charge in [0.1, 0.15) is 5.75 Å². The summed E-state index contributed by atoms with van der Waals surface area (Å²) in [5.74, 6) is 0.210. The van der Waals surface area contributed by atoms with Crippen molar-refractivity contribution in [2.75, 3.05) is 0 Å². The van der Waals surface area contributed by atoms with E-state index in [0.717, 1.165) is 63.3 Å². The Bertz CT molecular complexity index is 3550. The molecule has 0 spiro atoms. The predicted octanol–water partition coefficient (Wildman–Crippen LogP) is 11.0. The molecular formula is C53H50N6O5S2. The Morgan fingerprint density at radius 2 is 1.02 bits per heavy atom. The van der Waals surface area contributed by atoms with E-state index in [4.69, 9.17) is 10.2 Å². The number of hydrogen-bond acceptors (Lipinski definition) is 7. The van der Waals surface area contributed by atoms with E-state index in [1.165, 1.54) is 30.2 Å². The molecule has 11 nitrogen and oxygen atoms in total. The molecule has 0 radical (unpaired) electrons. The van der Waals surface area contributed by atoms with E-state index in [-0.39, 0.29) is 15.5 Å². The first kappa shape index (κ1) is 44.0. The van der Waals surface area contributed by atoms with Gasteiger partial charge >= 0.3 is 0 Å². The smallest absolute Gasteiger partial charge is 0.268 e. The van der Waals surface area contributed by atoms with Crippen LogP contribution in [-0.4, -0.2) is 49.4 Å². The van der Waals surface area contributed by atoms with Crippen LogP contribution in [0.5, 0.6) is 5.75 Å². The number of hydrogen-bond donors (Lipinski definition) is 1. The molecule has 0 aliphatic heterocycles. The van der Waals surface area contributed by atoms with Crippen molar-refractivity contribution in [1.82, 2.24) is 27.5 Å². The Kier molecular flexibility index (Phi) is 11.3. The van der Waals surface area contributed by atoms with E-state index in [0.29, 0.717) is 22.8 Å². The maximum Gasteiger partial charge on any atom is 0.268 e. The molecule has 9 aromatic rings. The second kappa shape index (κ2) is 17.0. The molecule has 4 aromatic heterocycles. The van der Waals surface area contributed by atoms with E-state index in [1.54, 1.807) is 88.4 Å². The van der Waals surface area contributed by atoms with Gasteiger partial charge in [-0.1, -0.05) is 54.1 Å². The molecule has 1 N–H and O–H groups in total. The zero-order chi connectivity index (χ0) is 46.7. The van der Waals surface area contributed by atoms with Crippen LogP contribution in [-0.2, 0) is 26.5 Å². The minimum atomic E-state index is -3.68. The van der Waals surface area contributed by atoms with Gasteiger partial charge in [0.2, 0.25) is 0 Å². The van der Waals surface area contributed by atoms with Crippen LogP contribution >= 0.6 is 0 Å². The van der Waals surface area contributed by atoms with Crippen LogP contribution in [0.15, 0.2) is 149 Å². The Labute approximate surface area is 385 Å². The number of aryl methyl sites for hydroxylation is 7. The molecule has 4 heterocycles. The van der Waals surface area contributed by atoms with Gasteiger partial charge in [0.15, 0.2) is 0 Å². The largest absolute Gasteiger partial charge is 0.508 e. The highest BCUT2D eigenvalue weighted by molar-refractivity contribution is 7.90. The zero-order valence-corrected chi connectivity index (χ0v) is 39.5. The molecule has 5 aromatic carbocycles. The Hall–Kier alpha value is -7.22. The first-order chi connectivity index (χ1) is 31.5. The third-order valence-corrected chi connectivity index (χ3v) is 16.1. The molecule has 0 atom stereocenters. The van der Waals surface area contributed by atoms with Gasteiger partial charge in [0, 0.05) is 33.7 Å². The van der Waals surface area contributed by atoms with Crippen LogP contribution in [0.2, 0.25) is 0 Å². The number of fused-ring (bicyclic) bond motifs is 2. The minimum absolute atomic E-state index is 0.210. The third-order valence-electron chi connectivity index (χ3n) is 12.3. The molecule has 1 aliphatic rings. The summed E-state index contributed by atoms with van der Waals surface area (Å²) in [5.41, 5.74) is 15.1. The lowest BCUT2D eigenvalue weighted by Gasteiger charge is -2.16. The molecule has 0 saturated carbocycles. The summed E-state index contributed by atoms with van der Waals surface area (Å²) in [6, 6.07) is 42.8. The van der Waals surface area contributed by atoms with Crippen molar-refractivity contribution >= 4 is 42.6 Å². The lowest BCUT2D eigenvalue weighted by Crippen LogP contribution is -2.15. The minimum Gasteiger partial charge on any atom is -0.508 e. The summed E-state index contributed by atoms with van der Waals surface area (Å²) in [4.78, 5) is 0.490. The number of phenols is 1. The third kappa shape index (κ3) is 7.98. The highest BCUT2D eigenvalue weighted by Gasteiger charge is 2.24. The van der Waals surface area contributed by atoms with Crippen LogP contribution in [0.4, 0.5) is 0 Å². The lowest BCUT2D eigenvalue weighted by atomic mass is 9.90. The van der Waals surface area contributed by atoms with Gasteiger partial charge in [0.05, 0.1) is 43.8 Å². The van der Waals surface area contributed by atoms with Gasteiger partial charge in [-0.3, -0.25) is 0 Å². The molecule has 0 unspecified atom stereocenters. The van der Waals surface area contributed by atoms with E-state index in [2.05, 4.69) is 37.3 Å². The molecule has 334 valence electrons. The molecule has 0 amide bonds. The summed E-state index contributed by atoms with van der Waals surface area (Å²) in [5, 5.41) is 20.3. The van der Waals surface area contributed by atoms with E-state index < -0.39 is 20.0 Å². The topological polar surface area (TPSA) is 134 Å². The van der Waals surface area contributed by atoms with Crippen molar-refractivity contribution in [3.8, 4) is 28.3 Å².